The number of hydrogen-bond acceptors (Lipinski definition) is 5. The molecule has 158 valence electrons. The van der Waals surface area contributed by atoms with E-state index in [0.29, 0.717) is 4.88 Å². The van der Waals surface area contributed by atoms with Gasteiger partial charge in [0.25, 0.3) is 11.7 Å². The molecule has 0 bridgehead atoms. The first-order valence-electron chi connectivity index (χ1n) is 8.97. The summed E-state index contributed by atoms with van der Waals surface area (Å²) in [6, 6.07) is 7.81. The third-order valence-corrected chi connectivity index (χ3v) is 5.77. The number of aliphatic hydroxyl groups excluding tert-OH is 1. The van der Waals surface area contributed by atoms with Gasteiger partial charge in [0.05, 0.1) is 23.9 Å². The Balaban J connectivity index is 1.99. The molecule has 1 unspecified atom stereocenters. The fraction of sp³-hybridized carbons (Fsp3) is 0.0909. The van der Waals surface area contributed by atoms with E-state index in [1.54, 1.807) is 17.5 Å². The first-order valence-corrected chi connectivity index (χ1v) is 9.84. The number of thiophene rings is 1. The van der Waals surface area contributed by atoms with Crippen LogP contribution >= 0.6 is 11.3 Å². The molecule has 1 fully saturated rings. The van der Waals surface area contributed by atoms with E-state index in [1.807, 2.05) is 0 Å². The van der Waals surface area contributed by atoms with E-state index >= 15 is 0 Å². The number of halogens is 3. The number of ketones is 1. The maximum Gasteiger partial charge on any atom is 0.300 e. The summed E-state index contributed by atoms with van der Waals surface area (Å²) in [6.45, 7) is 0. The quantitative estimate of drug-likeness (QED) is 0.356. The Kier molecular flexibility index (Phi) is 5.28. The van der Waals surface area contributed by atoms with Gasteiger partial charge in [-0.2, -0.15) is 0 Å². The third kappa shape index (κ3) is 3.46. The van der Waals surface area contributed by atoms with Gasteiger partial charge in [0.15, 0.2) is 0 Å². The van der Waals surface area contributed by atoms with E-state index in [1.165, 1.54) is 13.2 Å². The molecule has 0 saturated carbocycles. The van der Waals surface area contributed by atoms with Gasteiger partial charge in [-0.15, -0.1) is 11.3 Å². The Labute approximate surface area is 178 Å². The molecule has 0 aliphatic carbocycles. The highest BCUT2D eigenvalue weighted by Crippen LogP contribution is 2.45. The summed E-state index contributed by atoms with van der Waals surface area (Å²) in [7, 11) is 1.29. The van der Waals surface area contributed by atoms with Gasteiger partial charge in [-0.05, 0) is 41.8 Å². The monoisotopic (exact) mass is 445 g/mol. The van der Waals surface area contributed by atoms with Gasteiger partial charge < -0.3 is 9.84 Å². The predicted octanol–water partition coefficient (Wildman–Crippen LogP) is 4.80. The van der Waals surface area contributed by atoms with Crippen LogP contribution in [0.4, 0.5) is 18.9 Å². The van der Waals surface area contributed by atoms with Gasteiger partial charge in [-0.1, -0.05) is 6.07 Å². The van der Waals surface area contributed by atoms with E-state index in [4.69, 9.17) is 4.74 Å². The summed E-state index contributed by atoms with van der Waals surface area (Å²) >= 11 is 1.15. The van der Waals surface area contributed by atoms with Crippen LogP contribution in [-0.4, -0.2) is 23.9 Å². The number of rotatable bonds is 4. The number of ether oxygens (including phenoxy) is 1. The first-order chi connectivity index (χ1) is 14.8. The predicted molar refractivity (Wildman–Crippen MR) is 108 cm³/mol. The van der Waals surface area contributed by atoms with E-state index in [0.717, 1.165) is 46.6 Å². The van der Waals surface area contributed by atoms with Crippen LogP contribution in [0, 0.1) is 17.5 Å². The van der Waals surface area contributed by atoms with Crippen molar-refractivity contribution in [2.75, 3.05) is 12.0 Å². The lowest BCUT2D eigenvalue weighted by Crippen LogP contribution is -2.30. The molecule has 0 spiro atoms. The number of anilines is 1. The Hall–Kier alpha value is -3.59. The number of amides is 1. The van der Waals surface area contributed by atoms with E-state index in [9.17, 15) is 27.9 Å². The molecule has 3 aromatic rings. The highest BCUT2D eigenvalue weighted by Gasteiger charge is 2.48. The average Bonchev–Trinajstić information content (AvgIpc) is 3.36. The lowest BCUT2D eigenvalue weighted by Gasteiger charge is -2.24. The van der Waals surface area contributed by atoms with E-state index in [2.05, 4.69) is 0 Å². The Bertz CT molecular complexity index is 1220. The summed E-state index contributed by atoms with van der Waals surface area (Å²) in [5.41, 5.74) is -0.993. The smallest absolute Gasteiger partial charge is 0.300 e. The maximum atomic E-state index is 14.5. The van der Waals surface area contributed by atoms with Crippen LogP contribution in [0.25, 0.3) is 5.76 Å². The lowest BCUT2D eigenvalue weighted by atomic mass is 9.99. The molecule has 1 amide bonds. The van der Waals surface area contributed by atoms with Crippen LogP contribution in [0.3, 0.4) is 0 Å². The second-order valence-corrected chi connectivity index (χ2v) is 7.60. The number of benzene rings is 2. The molecule has 0 radical (unpaired) electrons. The van der Waals surface area contributed by atoms with Crippen molar-refractivity contribution < 1.29 is 32.6 Å². The Morgan fingerprint density at radius 2 is 1.77 bits per heavy atom. The minimum atomic E-state index is -1.25. The Morgan fingerprint density at radius 3 is 2.45 bits per heavy atom. The van der Waals surface area contributed by atoms with Crippen LogP contribution < -0.4 is 9.64 Å². The van der Waals surface area contributed by atoms with Crippen molar-refractivity contribution in [3.8, 4) is 5.75 Å². The normalized spacial score (nSPS) is 17.9. The molecular formula is C22H14F3NO4S. The second-order valence-electron chi connectivity index (χ2n) is 6.62. The number of hydrogen-bond donors (Lipinski definition) is 1. The van der Waals surface area contributed by atoms with Crippen molar-refractivity contribution in [1.29, 1.82) is 0 Å². The standard InChI is InChI=1S/C22H14F3NO4S/c1-30-16-7-5-11(23)9-13(16)20(27)18-19(17-3-2-8-31-17)26(22(29)21(18)28)15-10-12(24)4-6-14(15)25/h2-10,19,27H,1H3/b20-18-. The number of Topliss-reactive ketones (excluding diaryl/α,β-unsaturated/α-hetero) is 1. The number of carbonyl (C=O) groups is 2. The molecule has 9 heteroatoms. The SMILES string of the molecule is COc1ccc(F)cc1/C(O)=C1/C(=O)C(=O)N(c2cc(F)ccc2F)C1c1cccs1. The number of methoxy groups -OCH3 is 1. The summed E-state index contributed by atoms with van der Waals surface area (Å²) in [4.78, 5) is 27.0. The first kappa shape index (κ1) is 20.7. The zero-order valence-electron chi connectivity index (χ0n) is 15.9. The van der Waals surface area contributed by atoms with Crippen LogP contribution in [0.5, 0.6) is 5.75 Å². The highest BCUT2D eigenvalue weighted by molar-refractivity contribution is 7.10. The summed E-state index contributed by atoms with van der Waals surface area (Å²) < 4.78 is 47.4. The van der Waals surface area contributed by atoms with Gasteiger partial charge in [-0.3, -0.25) is 14.5 Å². The van der Waals surface area contributed by atoms with Gasteiger partial charge in [0.2, 0.25) is 0 Å². The van der Waals surface area contributed by atoms with Crippen molar-refractivity contribution in [3.05, 3.63) is 87.4 Å². The molecule has 1 aliphatic rings. The van der Waals surface area contributed by atoms with Crippen LogP contribution in [0.15, 0.2) is 59.5 Å². The van der Waals surface area contributed by atoms with Crippen molar-refractivity contribution in [1.82, 2.24) is 0 Å². The second kappa shape index (κ2) is 7.92. The fourth-order valence-corrected chi connectivity index (χ4v) is 4.30. The Morgan fingerprint density at radius 1 is 1.06 bits per heavy atom. The number of carbonyl (C=O) groups excluding carboxylic acids is 2. The zero-order valence-corrected chi connectivity index (χ0v) is 16.8. The molecule has 5 nitrogen and oxygen atoms in total. The number of nitrogens with zero attached hydrogens (tertiary/aromatic N) is 1. The molecule has 1 N–H and O–H groups in total. The average molecular weight is 445 g/mol. The molecule has 2 aromatic carbocycles. The minimum absolute atomic E-state index is 0.0620. The van der Waals surface area contributed by atoms with Gasteiger partial charge in [-0.25, -0.2) is 13.2 Å². The fourth-order valence-electron chi connectivity index (χ4n) is 3.48. The maximum absolute atomic E-state index is 14.5. The molecular weight excluding hydrogens is 431 g/mol. The summed E-state index contributed by atoms with van der Waals surface area (Å²) in [6.07, 6.45) is 0. The van der Waals surface area contributed by atoms with Crippen LogP contribution in [0.1, 0.15) is 16.5 Å². The van der Waals surface area contributed by atoms with Crippen LogP contribution in [-0.2, 0) is 9.59 Å². The number of aliphatic hydroxyl groups is 1. The molecule has 1 aliphatic heterocycles. The van der Waals surface area contributed by atoms with Crippen molar-refractivity contribution in [3.63, 3.8) is 0 Å². The molecule has 4 rings (SSSR count). The molecule has 1 saturated heterocycles. The molecule has 1 atom stereocenters. The van der Waals surface area contributed by atoms with E-state index < -0.39 is 46.6 Å². The van der Waals surface area contributed by atoms with Crippen molar-refractivity contribution >= 4 is 34.5 Å². The van der Waals surface area contributed by atoms with Crippen molar-refractivity contribution in [2.24, 2.45) is 0 Å². The summed E-state index contributed by atoms with van der Waals surface area (Å²) in [5.74, 6) is -5.34. The third-order valence-electron chi connectivity index (χ3n) is 4.84. The highest BCUT2D eigenvalue weighted by atomic mass is 32.1. The molecule has 2 heterocycles. The topological polar surface area (TPSA) is 66.8 Å². The zero-order chi connectivity index (χ0) is 22.3. The van der Waals surface area contributed by atoms with E-state index in [-0.39, 0.29) is 16.9 Å². The molecule has 1 aromatic heterocycles. The largest absolute Gasteiger partial charge is 0.507 e. The lowest BCUT2D eigenvalue weighted by molar-refractivity contribution is -0.132. The summed E-state index contributed by atoms with van der Waals surface area (Å²) in [5, 5.41) is 12.6. The van der Waals surface area contributed by atoms with Gasteiger partial charge in [0.1, 0.15) is 35.0 Å². The van der Waals surface area contributed by atoms with Crippen LogP contribution in [0.2, 0.25) is 0 Å². The van der Waals surface area contributed by atoms with Crippen molar-refractivity contribution in [2.45, 2.75) is 6.04 Å². The minimum Gasteiger partial charge on any atom is -0.507 e. The van der Waals surface area contributed by atoms with Gasteiger partial charge in [0, 0.05) is 10.9 Å². The van der Waals surface area contributed by atoms with Gasteiger partial charge >= 0.3 is 0 Å². The molecule has 31 heavy (non-hydrogen) atoms.